The van der Waals surface area contributed by atoms with E-state index in [0.29, 0.717) is 29.7 Å². The SMILES string of the molecule is Cc1noc(-c2cc(S(=O)(=O)N3CCC(C)CC3)c(C)s2)c1C. The maximum Gasteiger partial charge on any atom is 0.244 e. The van der Waals surface area contributed by atoms with Gasteiger partial charge in [-0.05, 0) is 45.6 Å². The lowest BCUT2D eigenvalue weighted by molar-refractivity contribution is 0.288. The molecule has 126 valence electrons. The van der Waals surface area contributed by atoms with E-state index in [1.54, 1.807) is 10.4 Å². The van der Waals surface area contributed by atoms with E-state index >= 15 is 0 Å². The quantitative estimate of drug-likeness (QED) is 0.842. The molecule has 0 aliphatic carbocycles. The Morgan fingerprint density at radius 3 is 2.48 bits per heavy atom. The number of thiophene rings is 1. The van der Waals surface area contributed by atoms with Gasteiger partial charge in [0.25, 0.3) is 0 Å². The number of sulfonamides is 1. The van der Waals surface area contributed by atoms with Gasteiger partial charge in [0.2, 0.25) is 10.0 Å². The van der Waals surface area contributed by atoms with E-state index in [9.17, 15) is 8.42 Å². The first kappa shape index (κ1) is 16.7. The van der Waals surface area contributed by atoms with Crippen molar-refractivity contribution in [2.75, 3.05) is 13.1 Å². The summed E-state index contributed by atoms with van der Waals surface area (Å²) in [4.78, 5) is 2.03. The Hall–Kier alpha value is -1.18. The van der Waals surface area contributed by atoms with Gasteiger partial charge in [-0.15, -0.1) is 11.3 Å². The Labute approximate surface area is 141 Å². The van der Waals surface area contributed by atoms with E-state index in [1.807, 2.05) is 20.8 Å². The fraction of sp³-hybridized carbons (Fsp3) is 0.562. The second-order valence-corrected chi connectivity index (χ2v) is 9.50. The van der Waals surface area contributed by atoms with Gasteiger partial charge in [0.1, 0.15) is 0 Å². The number of hydrogen-bond donors (Lipinski definition) is 0. The van der Waals surface area contributed by atoms with Crippen molar-refractivity contribution in [3.8, 4) is 10.6 Å². The lowest BCUT2D eigenvalue weighted by atomic mass is 10.0. The largest absolute Gasteiger partial charge is 0.355 e. The van der Waals surface area contributed by atoms with Crippen molar-refractivity contribution in [1.82, 2.24) is 9.46 Å². The Kier molecular flexibility index (Phi) is 4.37. The van der Waals surface area contributed by atoms with Crippen molar-refractivity contribution in [1.29, 1.82) is 0 Å². The normalized spacial score (nSPS) is 17.7. The molecule has 0 aromatic carbocycles. The topological polar surface area (TPSA) is 63.4 Å². The maximum absolute atomic E-state index is 12.9. The maximum atomic E-state index is 12.9. The molecule has 2 aromatic rings. The highest BCUT2D eigenvalue weighted by molar-refractivity contribution is 7.89. The van der Waals surface area contributed by atoms with E-state index in [0.717, 1.165) is 33.9 Å². The Morgan fingerprint density at radius 2 is 1.91 bits per heavy atom. The highest BCUT2D eigenvalue weighted by Crippen LogP contribution is 2.37. The number of hydrogen-bond acceptors (Lipinski definition) is 5. The third-order valence-electron chi connectivity index (χ3n) is 4.61. The summed E-state index contributed by atoms with van der Waals surface area (Å²) in [7, 11) is -3.43. The summed E-state index contributed by atoms with van der Waals surface area (Å²) in [5.41, 5.74) is 1.79. The van der Waals surface area contributed by atoms with Crippen molar-refractivity contribution < 1.29 is 12.9 Å². The van der Waals surface area contributed by atoms with Gasteiger partial charge in [-0.2, -0.15) is 4.31 Å². The van der Waals surface area contributed by atoms with Crippen molar-refractivity contribution in [2.24, 2.45) is 5.92 Å². The summed E-state index contributed by atoms with van der Waals surface area (Å²) in [5.74, 6) is 1.27. The van der Waals surface area contributed by atoms with E-state index in [1.165, 1.54) is 11.3 Å². The van der Waals surface area contributed by atoms with Crippen molar-refractivity contribution >= 4 is 21.4 Å². The predicted molar refractivity (Wildman–Crippen MR) is 91.2 cm³/mol. The zero-order chi connectivity index (χ0) is 16.8. The van der Waals surface area contributed by atoms with Crippen LogP contribution in [0, 0.1) is 26.7 Å². The Bertz CT molecular complexity index is 812. The first-order valence-electron chi connectivity index (χ1n) is 7.84. The van der Waals surface area contributed by atoms with Crippen LogP contribution in [0.25, 0.3) is 10.6 Å². The van der Waals surface area contributed by atoms with Crippen molar-refractivity contribution in [3.05, 3.63) is 22.2 Å². The van der Waals surface area contributed by atoms with Gasteiger partial charge in [0, 0.05) is 23.5 Å². The third-order valence-corrected chi connectivity index (χ3v) is 7.82. The molecule has 1 aliphatic rings. The minimum absolute atomic E-state index is 0.403. The van der Waals surface area contributed by atoms with Gasteiger partial charge in [0.05, 0.1) is 15.5 Å². The number of aromatic nitrogens is 1. The molecular formula is C16H22N2O3S2. The van der Waals surface area contributed by atoms with Gasteiger partial charge in [-0.3, -0.25) is 0 Å². The molecule has 0 spiro atoms. The third kappa shape index (κ3) is 2.97. The van der Waals surface area contributed by atoms with Gasteiger partial charge >= 0.3 is 0 Å². The van der Waals surface area contributed by atoms with E-state index in [-0.39, 0.29) is 0 Å². The molecule has 0 amide bonds. The fourth-order valence-electron chi connectivity index (χ4n) is 2.84. The zero-order valence-corrected chi connectivity index (χ0v) is 15.6. The lowest BCUT2D eigenvalue weighted by Crippen LogP contribution is -2.37. The van der Waals surface area contributed by atoms with Crippen LogP contribution in [-0.2, 0) is 10.0 Å². The monoisotopic (exact) mass is 354 g/mol. The van der Waals surface area contributed by atoms with E-state index < -0.39 is 10.0 Å². The molecule has 0 saturated carbocycles. The minimum atomic E-state index is -3.43. The van der Waals surface area contributed by atoms with E-state index in [4.69, 9.17) is 4.52 Å². The summed E-state index contributed by atoms with van der Waals surface area (Å²) in [6, 6.07) is 1.74. The van der Waals surface area contributed by atoms with E-state index in [2.05, 4.69) is 12.1 Å². The minimum Gasteiger partial charge on any atom is -0.355 e. The molecule has 7 heteroatoms. The van der Waals surface area contributed by atoms with Gasteiger partial charge in [-0.25, -0.2) is 8.42 Å². The van der Waals surface area contributed by atoms with Crippen LogP contribution < -0.4 is 0 Å². The smallest absolute Gasteiger partial charge is 0.244 e. The molecule has 1 aliphatic heterocycles. The molecule has 0 bridgehead atoms. The summed E-state index contributed by atoms with van der Waals surface area (Å²) in [5, 5.41) is 3.96. The first-order chi connectivity index (χ1) is 10.8. The summed E-state index contributed by atoms with van der Waals surface area (Å²) >= 11 is 1.45. The first-order valence-corrected chi connectivity index (χ1v) is 10.1. The molecular weight excluding hydrogens is 332 g/mol. The summed E-state index contributed by atoms with van der Waals surface area (Å²) in [6.45, 7) is 9.06. The average Bonchev–Trinajstić information content (AvgIpc) is 3.04. The molecule has 3 heterocycles. The number of nitrogens with zero attached hydrogens (tertiary/aromatic N) is 2. The second-order valence-electron chi connectivity index (χ2n) is 6.34. The fourth-order valence-corrected chi connectivity index (χ4v) is 5.91. The molecule has 1 fully saturated rings. The molecule has 1 saturated heterocycles. The zero-order valence-electron chi connectivity index (χ0n) is 13.9. The van der Waals surface area contributed by atoms with Crippen LogP contribution in [0.4, 0.5) is 0 Å². The van der Waals surface area contributed by atoms with Crippen LogP contribution in [0.3, 0.4) is 0 Å². The Morgan fingerprint density at radius 1 is 1.26 bits per heavy atom. The molecule has 3 rings (SSSR count). The Balaban J connectivity index is 1.96. The molecule has 0 atom stereocenters. The average molecular weight is 354 g/mol. The molecule has 2 aromatic heterocycles. The predicted octanol–water partition coefficient (Wildman–Crippen LogP) is 3.75. The number of rotatable bonds is 3. The summed E-state index contributed by atoms with van der Waals surface area (Å²) < 4.78 is 32.9. The van der Waals surface area contributed by atoms with Crippen LogP contribution >= 0.6 is 11.3 Å². The van der Waals surface area contributed by atoms with Crippen LogP contribution in [0.1, 0.15) is 35.9 Å². The molecule has 23 heavy (non-hydrogen) atoms. The van der Waals surface area contributed by atoms with Gasteiger partial charge < -0.3 is 4.52 Å². The van der Waals surface area contributed by atoms with Gasteiger partial charge in [-0.1, -0.05) is 12.1 Å². The van der Waals surface area contributed by atoms with Gasteiger partial charge in [0.15, 0.2) is 5.76 Å². The standard InChI is InChI=1S/C16H22N2O3S2/c1-10-5-7-18(8-6-10)23(19,20)15-9-14(22-13(15)4)16-11(2)12(3)17-21-16/h9-10H,5-8H2,1-4H3. The molecule has 0 unspecified atom stereocenters. The molecule has 0 radical (unpaired) electrons. The second kappa shape index (κ2) is 6.03. The van der Waals surface area contributed by atoms with Crippen LogP contribution in [0.5, 0.6) is 0 Å². The van der Waals surface area contributed by atoms with Crippen molar-refractivity contribution in [3.63, 3.8) is 0 Å². The highest BCUT2D eigenvalue weighted by Gasteiger charge is 2.31. The van der Waals surface area contributed by atoms with Crippen molar-refractivity contribution in [2.45, 2.75) is 45.4 Å². The molecule has 0 N–H and O–H groups in total. The summed E-state index contributed by atoms with van der Waals surface area (Å²) in [6.07, 6.45) is 1.85. The lowest BCUT2D eigenvalue weighted by Gasteiger charge is -2.29. The molecule has 5 nitrogen and oxygen atoms in total. The number of aryl methyl sites for hydroxylation is 2. The number of piperidine rings is 1. The van der Waals surface area contributed by atoms with Crippen LogP contribution in [-0.4, -0.2) is 31.0 Å². The van der Waals surface area contributed by atoms with Crippen LogP contribution in [0.15, 0.2) is 15.5 Å². The van der Waals surface area contributed by atoms with Crippen LogP contribution in [0.2, 0.25) is 0 Å². The highest BCUT2D eigenvalue weighted by atomic mass is 32.2.